The molecule has 2 aromatic carbocycles. The van der Waals surface area contributed by atoms with Gasteiger partial charge in [0.05, 0.1) is 0 Å². The zero-order valence-electron chi connectivity index (χ0n) is 9.64. The maximum Gasteiger partial charge on any atom is 0.0401 e. The van der Waals surface area contributed by atoms with E-state index in [-0.39, 0.29) is 0 Å². The fourth-order valence-corrected chi connectivity index (χ4v) is 3.62. The van der Waals surface area contributed by atoms with Gasteiger partial charge in [-0.2, -0.15) is 0 Å². The molecule has 0 aliphatic heterocycles. The Morgan fingerprint density at radius 3 is 2.35 bits per heavy atom. The fourth-order valence-electron chi connectivity index (χ4n) is 2.40. The Hall–Kier alpha value is -0.600. The van der Waals surface area contributed by atoms with Crippen LogP contribution in [-0.4, -0.2) is 0 Å². The highest BCUT2D eigenvalue weighted by Crippen LogP contribution is 2.47. The summed E-state index contributed by atoms with van der Waals surface area (Å²) >= 11 is 7.39. The minimum Gasteiger partial charge on any atom is -0.0619 e. The standard InChI is InChI=1S/C15H11Br2/c1-8-9(2)14(16)15(17)13-11-6-4-3-5-10(11)7-12(8)13/h3-7H,1-2H3. The predicted octanol–water partition coefficient (Wildman–Crippen LogP) is 5.41. The van der Waals surface area contributed by atoms with E-state index in [9.17, 15) is 0 Å². The van der Waals surface area contributed by atoms with Gasteiger partial charge in [0.15, 0.2) is 0 Å². The van der Waals surface area contributed by atoms with Crippen LogP contribution in [0.5, 0.6) is 0 Å². The summed E-state index contributed by atoms with van der Waals surface area (Å²) in [4.78, 5) is 0. The summed E-state index contributed by atoms with van der Waals surface area (Å²) < 4.78 is 2.33. The number of benzene rings is 2. The molecule has 0 saturated heterocycles. The smallest absolute Gasteiger partial charge is 0.0401 e. The van der Waals surface area contributed by atoms with Crippen molar-refractivity contribution in [2.75, 3.05) is 0 Å². The second-order valence-corrected chi connectivity index (χ2v) is 5.98. The molecular formula is C15H11Br2. The Bertz CT molecular complexity index is 627. The molecule has 1 aliphatic carbocycles. The van der Waals surface area contributed by atoms with E-state index in [1.165, 1.54) is 37.9 Å². The molecule has 1 radical (unpaired) electrons. The Morgan fingerprint density at radius 2 is 1.59 bits per heavy atom. The molecule has 0 bridgehead atoms. The van der Waals surface area contributed by atoms with Crippen LogP contribution in [0, 0.1) is 20.3 Å². The van der Waals surface area contributed by atoms with Crippen LogP contribution in [0.25, 0.3) is 11.1 Å². The van der Waals surface area contributed by atoms with Gasteiger partial charge in [0, 0.05) is 20.9 Å². The summed E-state index contributed by atoms with van der Waals surface area (Å²) in [6, 6.07) is 8.54. The average molecular weight is 351 g/mol. The van der Waals surface area contributed by atoms with Crippen molar-refractivity contribution >= 4 is 31.9 Å². The van der Waals surface area contributed by atoms with Crippen LogP contribution in [0.3, 0.4) is 0 Å². The Kier molecular flexibility index (Phi) is 2.68. The number of hydrogen-bond donors (Lipinski definition) is 0. The SMILES string of the molecule is Cc1c(C)c2c(c(Br)c1Br)-c1ccccc1[CH]2. The van der Waals surface area contributed by atoms with Crippen molar-refractivity contribution in [2.24, 2.45) is 0 Å². The van der Waals surface area contributed by atoms with Crippen LogP contribution in [-0.2, 0) is 0 Å². The van der Waals surface area contributed by atoms with Gasteiger partial charge in [0.1, 0.15) is 0 Å². The molecule has 0 fully saturated rings. The van der Waals surface area contributed by atoms with Crippen molar-refractivity contribution in [3.05, 3.63) is 61.9 Å². The minimum atomic E-state index is 1.16. The highest BCUT2D eigenvalue weighted by atomic mass is 79.9. The van der Waals surface area contributed by atoms with E-state index in [1.807, 2.05) is 0 Å². The molecule has 2 aromatic rings. The summed E-state index contributed by atoms with van der Waals surface area (Å²) in [6.07, 6.45) is 2.28. The Labute approximate surface area is 118 Å². The Morgan fingerprint density at radius 1 is 0.882 bits per heavy atom. The summed E-state index contributed by atoms with van der Waals surface area (Å²) in [5.41, 5.74) is 7.95. The van der Waals surface area contributed by atoms with E-state index in [0.29, 0.717) is 0 Å². The molecule has 0 atom stereocenters. The zero-order chi connectivity index (χ0) is 12.2. The Balaban J connectivity index is 2.41. The van der Waals surface area contributed by atoms with Gasteiger partial charge in [0.25, 0.3) is 0 Å². The first-order chi connectivity index (χ1) is 8.11. The lowest BCUT2D eigenvalue weighted by atomic mass is 9.98. The minimum absolute atomic E-state index is 1.16. The fraction of sp³-hybridized carbons (Fsp3) is 0.133. The third-order valence-electron chi connectivity index (χ3n) is 3.51. The van der Waals surface area contributed by atoms with Crippen LogP contribution in [0.4, 0.5) is 0 Å². The zero-order valence-corrected chi connectivity index (χ0v) is 12.8. The average Bonchev–Trinajstić information content (AvgIpc) is 2.73. The van der Waals surface area contributed by atoms with Gasteiger partial charge in [-0.1, -0.05) is 24.3 Å². The summed E-state index contributed by atoms with van der Waals surface area (Å²) in [7, 11) is 0. The lowest BCUT2D eigenvalue weighted by molar-refractivity contribution is 1.27. The quantitative estimate of drug-likeness (QED) is 0.508. The molecule has 3 rings (SSSR count). The molecule has 0 N–H and O–H groups in total. The largest absolute Gasteiger partial charge is 0.0619 e. The molecule has 17 heavy (non-hydrogen) atoms. The molecule has 0 spiro atoms. The van der Waals surface area contributed by atoms with E-state index in [4.69, 9.17) is 0 Å². The van der Waals surface area contributed by atoms with E-state index >= 15 is 0 Å². The van der Waals surface area contributed by atoms with Gasteiger partial charge in [0.2, 0.25) is 0 Å². The van der Waals surface area contributed by atoms with Gasteiger partial charge in [-0.3, -0.25) is 0 Å². The highest BCUT2D eigenvalue weighted by Gasteiger charge is 2.25. The van der Waals surface area contributed by atoms with Crippen molar-refractivity contribution in [3.8, 4) is 11.1 Å². The molecule has 2 heteroatoms. The third kappa shape index (κ3) is 1.54. The predicted molar refractivity (Wildman–Crippen MR) is 79.3 cm³/mol. The monoisotopic (exact) mass is 349 g/mol. The normalized spacial score (nSPS) is 12.5. The number of fused-ring (bicyclic) bond motifs is 3. The van der Waals surface area contributed by atoms with Crippen molar-refractivity contribution in [2.45, 2.75) is 13.8 Å². The molecule has 0 saturated carbocycles. The number of hydrogen-bond acceptors (Lipinski definition) is 0. The topological polar surface area (TPSA) is 0 Å². The van der Waals surface area contributed by atoms with Gasteiger partial charge < -0.3 is 0 Å². The maximum absolute atomic E-state index is 3.72. The van der Waals surface area contributed by atoms with Crippen molar-refractivity contribution in [1.82, 2.24) is 0 Å². The van der Waals surface area contributed by atoms with Crippen molar-refractivity contribution in [1.29, 1.82) is 0 Å². The lowest BCUT2D eigenvalue weighted by Gasteiger charge is -2.13. The van der Waals surface area contributed by atoms with E-state index in [0.717, 1.165) is 4.47 Å². The van der Waals surface area contributed by atoms with Crippen LogP contribution >= 0.6 is 31.9 Å². The lowest BCUT2D eigenvalue weighted by Crippen LogP contribution is -1.92. The number of rotatable bonds is 0. The molecule has 0 amide bonds. The maximum atomic E-state index is 3.72. The first kappa shape index (κ1) is 11.5. The van der Waals surface area contributed by atoms with Crippen molar-refractivity contribution in [3.63, 3.8) is 0 Å². The third-order valence-corrected chi connectivity index (χ3v) is 5.82. The van der Waals surface area contributed by atoms with Crippen LogP contribution < -0.4 is 0 Å². The molecule has 0 aromatic heterocycles. The van der Waals surface area contributed by atoms with Gasteiger partial charge in [-0.25, -0.2) is 0 Å². The summed E-state index contributed by atoms with van der Waals surface area (Å²) in [5, 5.41) is 0. The first-order valence-electron chi connectivity index (χ1n) is 5.53. The van der Waals surface area contributed by atoms with E-state index < -0.39 is 0 Å². The van der Waals surface area contributed by atoms with E-state index in [2.05, 4.69) is 76.4 Å². The molecule has 85 valence electrons. The van der Waals surface area contributed by atoms with Gasteiger partial charge in [-0.15, -0.1) is 0 Å². The van der Waals surface area contributed by atoms with Gasteiger partial charge >= 0.3 is 0 Å². The van der Waals surface area contributed by atoms with Crippen molar-refractivity contribution < 1.29 is 0 Å². The molecule has 0 nitrogen and oxygen atoms in total. The molecular weight excluding hydrogens is 340 g/mol. The highest BCUT2D eigenvalue weighted by molar-refractivity contribution is 9.13. The van der Waals surface area contributed by atoms with Crippen LogP contribution in [0.2, 0.25) is 0 Å². The second-order valence-electron chi connectivity index (χ2n) is 4.40. The number of halogens is 2. The second kappa shape index (κ2) is 3.96. The molecule has 1 aliphatic rings. The molecule has 0 unspecified atom stereocenters. The summed E-state index contributed by atoms with van der Waals surface area (Å²) in [5.74, 6) is 0. The van der Waals surface area contributed by atoms with Gasteiger partial charge in [-0.05, 0) is 73.5 Å². The van der Waals surface area contributed by atoms with Crippen LogP contribution in [0.15, 0.2) is 33.2 Å². The van der Waals surface area contributed by atoms with E-state index in [1.54, 1.807) is 0 Å². The first-order valence-corrected chi connectivity index (χ1v) is 7.12. The molecule has 0 heterocycles. The van der Waals surface area contributed by atoms with Crippen LogP contribution in [0.1, 0.15) is 22.3 Å². The summed E-state index contributed by atoms with van der Waals surface area (Å²) in [6.45, 7) is 4.34.